The smallest absolute Gasteiger partial charge is 0.370 e. The SMILES string of the molecule is CNC(=O)c1ccc(N2CCC(N3CCC(c4ncc(CC(F)(F)F)c(=O)[nH]4)C3)CC2)cn1. The lowest BCUT2D eigenvalue weighted by Crippen LogP contribution is -2.44. The van der Waals surface area contributed by atoms with Crippen LogP contribution in [0.15, 0.2) is 29.3 Å². The van der Waals surface area contributed by atoms with Crippen molar-refractivity contribution in [2.75, 3.05) is 38.1 Å². The minimum atomic E-state index is -4.43. The zero-order valence-electron chi connectivity index (χ0n) is 18.4. The van der Waals surface area contributed by atoms with E-state index < -0.39 is 18.2 Å². The van der Waals surface area contributed by atoms with Crippen LogP contribution in [-0.4, -0.2) is 71.2 Å². The molecule has 0 aliphatic carbocycles. The van der Waals surface area contributed by atoms with Crippen molar-refractivity contribution in [3.8, 4) is 0 Å². The first-order valence-electron chi connectivity index (χ1n) is 11.1. The molecule has 0 aromatic carbocycles. The number of carbonyl (C=O) groups excluding carboxylic acids is 1. The average Bonchev–Trinajstić information content (AvgIpc) is 3.30. The number of anilines is 1. The number of hydrogen-bond acceptors (Lipinski definition) is 6. The normalized spacial score (nSPS) is 20.2. The summed E-state index contributed by atoms with van der Waals surface area (Å²) >= 11 is 0. The van der Waals surface area contributed by atoms with Crippen molar-refractivity contribution >= 4 is 11.6 Å². The third kappa shape index (κ3) is 5.52. The van der Waals surface area contributed by atoms with E-state index in [9.17, 15) is 22.8 Å². The van der Waals surface area contributed by atoms with Crippen LogP contribution in [0.3, 0.4) is 0 Å². The molecule has 33 heavy (non-hydrogen) atoms. The number of aromatic nitrogens is 3. The zero-order chi connectivity index (χ0) is 23.6. The lowest BCUT2D eigenvalue weighted by Gasteiger charge is -2.37. The monoisotopic (exact) mass is 464 g/mol. The Morgan fingerprint density at radius 1 is 1.15 bits per heavy atom. The zero-order valence-corrected chi connectivity index (χ0v) is 18.4. The van der Waals surface area contributed by atoms with Crippen LogP contribution >= 0.6 is 0 Å². The van der Waals surface area contributed by atoms with E-state index in [1.165, 1.54) is 0 Å². The van der Waals surface area contributed by atoms with Crippen molar-refractivity contribution in [1.82, 2.24) is 25.2 Å². The molecule has 4 rings (SSSR count). The van der Waals surface area contributed by atoms with Gasteiger partial charge in [0.15, 0.2) is 0 Å². The number of pyridine rings is 1. The third-order valence-electron chi connectivity index (χ3n) is 6.44. The minimum Gasteiger partial charge on any atom is -0.370 e. The second-order valence-electron chi connectivity index (χ2n) is 8.59. The number of H-pyrrole nitrogens is 1. The summed E-state index contributed by atoms with van der Waals surface area (Å²) in [7, 11) is 1.57. The first kappa shape index (κ1) is 23.2. The van der Waals surface area contributed by atoms with Gasteiger partial charge in [0, 0.05) is 50.4 Å². The first-order chi connectivity index (χ1) is 15.7. The summed E-state index contributed by atoms with van der Waals surface area (Å²) in [6.07, 6.45) is -0.163. The number of amides is 1. The molecule has 2 aliphatic rings. The van der Waals surface area contributed by atoms with E-state index >= 15 is 0 Å². The Hall–Kier alpha value is -2.95. The number of halogens is 3. The molecule has 0 bridgehead atoms. The lowest BCUT2D eigenvalue weighted by atomic mass is 10.0. The molecular formula is C22H27F3N6O2. The molecule has 1 unspecified atom stereocenters. The molecule has 2 N–H and O–H groups in total. The summed E-state index contributed by atoms with van der Waals surface area (Å²) in [5.41, 5.74) is 0.310. The van der Waals surface area contributed by atoms with Crippen molar-refractivity contribution in [3.05, 3.63) is 52.0 Å². The third-order valence-corrected chi connectivity index (χ3v) is 6.44. The molecule has 4 heterocycles. The van der Waals surface area contributed by atoms with Gasteiger partial charge >= 0.3 is 6.18 Å². The fourth-order valence-corrected chi connectivity index (χ4v) is 4.65. The van der Waals surface area contributed by atoms with E-state index in [1.54, 1.807) is 19.3 Å². The summed E-state index contributed by atoms with van der Waals surface area (Å²) in [6, 6.07) is 4.04. The number of piperidine rings is 1. The molecule has 0 saturated carbocycles. The van der Waals surface area contributed by atoms with Gasteiger partial charge in [0.2, 0.25) is 0 Å². The number of aromatic amines is 1. The van der Waals surface area contributed by atoms with Crippen LogP contribution in [0.25, 0.3) is 0 Å². The highest BCUT2D eigenvalue weighted by atomic mass is 19.4. The van der Waals surface area contributed by atoms with Crippen LogP contribution in [0.1, 0.15) is 47.1 Å². The number of nitrogens with zero attached hydrogens (tertiary/aromatic N) is 4. The summed E-state index contributed by atoms with van der Waals surface area (Å²) in [5, 5.41) is 2.56. The summed E-state index contributed by atoms with van der Waals surface area (Å²) in [6.45, 7) is 3.34. The van der Waals surface area contributed by atoms with Crippen molar-refractivity contribution in [2.45, 2.75) is 43.8 Å². The van der Waals surface area contributed by atoms with Crippen LogP contribution in [0, 0.1) is 0 Å². The topological polar surface area (TPSA) is 94.2 Å². The molecule has 1 amide bonds. The predicted octanol–water partition coefficient (Wildman–Crippen LogP) is 2.09. The van der Waals surface area contributed by atoms with E-state index in [2.05, 4.69) is 30.1 Å². The van der Waals surface area contributed by atoms with Gasteiger partial charge < -0.3 is 15.2 Å². The van der Waals surface area contributed by atoms with Gasteiger partial charge in [-0.2, -0.15) is 13.2 Å². The van der Waals surface area contributed by atoms with Gasteiger partial charge in [-0.25, -0.2) is 9.97 Å². The maximum atomic E-state index is 12.6. The molecular weight excluding hydrogens is 437 g/mol. The second-order valence-corrected chi connectivity index (χ2v) is 8.59. The maximum Gasteiger partial charge on any atom is 0.393 e. The van der Waals surface area contributed by atoms with Crippen LogP contribution in [0.4, 0.5) is 18.9 Å². The quantitative estimate of drug-likeness (QED) is 0.704. The molecule has 0 spiro atoms. The van der Waals surface area contributed by atoms with Gasteiger partial charge in [0.05, 0.1) is 18.3 Å². The van der Waals surface area contributed by atoms with Gasteiger partial charge in [-0.1, -0.05) is 0 Å². The minimum absolute atomic E-state index is 0.0112. The number of likely N-dealkylation sites (tertiary alicyclic amines) is 1. The number of rotatable bonds is 5. The fraction of sp³-hybridized carbons (Fsp3) is 0.545. The van der Waals surface area contributed by atoms with Gasteiger partial charge in [-0.15, -0.1) is 0 Å². The van der Waals surface area contributed by atoms with Gasteiger partial charge in [0.25, 0.3) is 11.5 Å². The van der Waals surface area contributed by atoms with Gasteiger partial charge in [-0.05, 0) is 37.9 Å². The summed E-state index contributed by atoms with van der Waals surface area (Å²) in [5.74, 6) is 0.264. The number of nitrogens with one attached hydrogen (secondary N) is 2. The highest BCUT2D eigenvalue weighted by Gasteiger charge is 2.33. The molecule has 8 nitrogen and oxygen atoms in total. The lowest BCUT2D eigenvalue weighted by molar-refractivity contribution is -0.127. The van der Waals surface area contributed by atoms with Crippen molar-refractivity contribution in [1.29, 1.82) is 0 Å². The first-order valence-corrected chi connectivity index (χ1v) is 11.1. The molecule has 2 aliphatic heterocycles. The Balaban J connectivity index is 1.31. The Morgan fingerprint density at radius 2 is 1.91 bits per heavy atom. The Morgan fingerprint density at radius 3 is 2.52 bits per heavy atom. The molecule has 178 valence electrons. The second kappa shape index (κ2) is 9.50. The highest BCUT2D eigenvalue weighted by molar-refractivity contribution is 5.92. The molecule has 2 aromatic heterocycles. The highest BCUT2D eigenvalue weighted by Crippen LogP contribution is 2.30. The van der Waals surface area contributed by atoms with E-state index in [-0.39, 0.29) is 17.4 Å². The fourth-order valence-electron chi connectivity index (χ4n) is 4.65. The summed E-state index contributed by atoms with van der Waals surface area (Å²) in [4.78, 5) is 39.3. The van der Waals surface area contributed by atoms with Crippen molar-refractivity contribution in [2.24, 2.45) is 0 Å². The van der Waals surface area contributed by atoms with Gasteiger partial charge in [-0.3, -0.25) is 14.5 Å². The molecule has 1 atom stereocenters. The Kier molecular flexibility index (Phi) is 6.68. The van der Waals surface area contributed by atoms with Crippen LogP contribution in [0.5, 0.6) is 0 Å². The van der Waals surface area contributed by atoms with Crippen molar-refractivity contribution < 1.29 is 18.0 Å². The average molecular weight is 464 g/mol. The van der Waals surface area contributed by atoms with E-state index in [0.29, 0.717) is 17.6 Å². The van der Waals surface area contributed by atoms with Crippen LogP contribution in [0.2, 0.25) is 0 Å². The molecule has 2 aromatic rings. The largest absolute Gasteiger partial charge is 0.393 e. The van der Waals surface area contributed by atoms with Crippen molar-refractivity contribution in [3.63, 3.8) is 0 Å². The van der Waals surface area contributed by atoms with E-state index in [1.807, 2.05) is 6.07 Å². The predicted molar refractivity (Wildman–Crippen MR) is 116 cm³/mol. The van der Waals surface area contributed by atoms with Gasteiger partial charge in [0.1, 0.15) is 11.5 Å². The standard InChI is InChI=1S/C22H27F3N6O2/c1-26-21(33)18-3-2-17(12-27-18)30-8-5-16(6-9-30)31-7-4-14(13-31)19-28-11-15(20(32)29-19)10-22(23,24)25/h2-3,11-12,14,16H,4-10,13H2,1H3,(H,26,33)(H,28,29,32). The Labute approximate surface area is 189 Å². The number of hydrogen-bond donors (Lipinski definition) is 2. The van der Waals surface area contributed by atoms with E-state index in [0.717, 1.165) is 57.3 Å². The van der Waals surface area contributed by atoms with E-state index in [4.69, 9.17) is 0 Å². The number of carbonyl (C=O) groups is 1. The molecule has 0 radical (unpaired) electrons. The molecule has 11 heteroatoms. The molecule has 2 saturated heterocycles. The summed E-state index contributed by atoms with van der Waals surface area (Å²) < 4.78 is 37.7. The molecule has 2 fully saturated rings. The van der Waals surface area contributed by atoms with Crippen LogP contribution < -0.4 is 15.8 Å². The maximum absolute atomic E-state index is 12.6. The van der Waals surface area contributed by atoms with Crippen LogP contribution in [-0.2, 0) is 6.42 Å². The Bertz CT molecular complexity index is 1030. The number of alkyl halides is 3.